The molecule has 2 heterocycles. The van der Waals surface area contributed by atoms with Crippen LogP contribution in [0.4, 0.5) is 0 Å². The fourth-order valence-electron chi connectivity index (χ4n) is 5.47. The van der Waals surface area contributed by atoms with Crippen LogP contribution in [0.2, 0.25) is 0 Å². The third-order valence-corrected chi connectivity index (χ3v) is 8.74. The van der Waals surface area contributed by atoms with E-state index in [1.807, 2.05) is 11.0 Å². The average Bonchev–Trinajstić information content (AvgIpc) is 3.71. The van der Waals surface area contributed by atoms with E-state index >= 15 is 0 Å². The molecule has 0 amide bonds. The predicted molar refractivity (Wildman–Crippen MR) is 157 cm³/mol. The largest absolute Gasteiger partial charge is 0.245 e. The Labute approximate surface area is 225 Å². The molecule has 7 rings (SSSR count). The van der Waals surface area contributed by atoms with Gasteiger partial charge in [0.15, 0.2) is 0 Å². The number of nitrogens with zero attached hydrogens (tertiary/aromatic N) is 2. The van der Waals surface area contributed by atoms with Gasteiger partial charge in [-0.1, -0.05) is 86.6 Å². The van der Waals surface area contributed by atoms with Crippen molar-refractivity contribution < 1.29 is 0 Å². The molecule has 0 atom stereocenters. The highest BCUT2D eigenvalue weighted by molar-refractivity contribution is 7.08. The Bertz CT molecular complexity index is 1580. The van der Waals surface area contributed by atoms with Crippen LogP contribution < -0.4 is 0 Å². The van der Waals surface area contributed by atoms with Gasteiger partial charge >= 0.3 is 0 Å². The summed E-state index contributed by atoms with van der Waals surface area (Å²) in [5, 5.41) is 4.18. The molecule has 0 saturated carbocycles. The fraction of sp³-hybridized carbons (Fsp3) is 0.0909. The zero-order chi connectivity index (χ0) is 25.0. The molecule has 1 aliphatic carbocycles. The van der Waals surface area contributed by atoms with Crippen molar-refractivity contribution in [3.8, 4) is 55.9 Å². The number of rotatable bonds is 4. The van der Waals surface area contributed by atoms with Crippen LogP contribution in [0.25, 0.3) is 55.9 Å². The van der Waals surface area contributed by atoms with Crippen molar-refractivity contribution in [1.82, 2.24) is 9.97 Å². The Morgan fingerprint density at radius 3 is 1.24 bits per heavy atom. The normalized spacial score (nSPS) is 13.4. The quantitative estimate of drug-likeness (QED) is 0.235. The number of hydrogen-bond donors (Lipinski definition) is 0. The van der Waals surface area contributed by atoms with Crippen LogP contribution in [0.1, 0.15) is 25.0 Å². The van der Waals surface area contributed by atoms with E-state index in [1.54, 1.807) is 22.7 Å². The molecular formula is C33H24N2S2. The van der Waals surface area contributed by atoms with Crippen molar-refractivity contribution in [1.29, 1.82) is 0 Å². The summed E-state index contributed by atoms with van der Waals surface area (Å²) >= 11 is 3.26. The summed E-state index contributed by atoms with van der Waals surface area (Å²) in [6, 6.07) is 31.4. The standard InChI is InChI=1S/C33H24N2S2/c1-33(2)29-15-25(21-3-7-23(8-4-21)31-17-36-19-34-31)11-13-27(29)28-14-12-26(16-30(28)33)22-5-9-24(10-6-22)32-18-37-20-35-32/h3-20H,1-2H3. The number of thiazole rings is 2. The van der Waals surface area contributed by atoms with E-state index in [0.29, 0.717) is 0 Å². The van der Waals surface area contributed by atoms with Gasteiger partial charge in [-0.15, -0.1) is 22.7 Å². The second-order valence-corrected chi connectivity index (χ2v) is 11.5. The van der Waals surface area contributed by atoms with Gasteiger partial charge in [0, 0.05) is 27.3 Å². The van der Waals surface area contributed by atoms with Crippen LogP contribution in [0.5, 0.6) is 0 Å². The van der Waals surface area contributed by atoms with Gasteiger partial charge in [0.05, 0.1) is 22.4 Å². The van der Waals surface area contributed by atoms with Gasteiger partial charge in [-0.05, 0) is 56.6 Å². The van der Waals surface area contributed by atoms with E-state index in [1.165, 1.54) is 44.5 Å². The Kier molecular flexibility index (Phi) is 5.20. The molecular weight excluding hydrogens is 489 g/mol. The molecule has 0 fully saturated rings. The first-order valence-electron chi connectivity index (χ1n) is 12.4. The van der Waals surface area contributed by atoms with E-state index in [0.717, 1.165) is 22.5 Å². The summed E-state index contributed by atoms with van der Waals surface area (Å²) in [4.78, 5) is 8.88. The van der Waals surface area contributed by atoms with Gasteiger partial charge in [0.25, 0.3) is 0 Å². The number of aromatic nitrogens is 2. The minimum absolute atomic E-state index is 0.0717. The van der Waals surface area contributed by atoms with E-state index < -0.39 is 0 Å². The molecule has 0 aliphatic heterocycles. The number of benzene rings is 4. The van der Waals surface area contributed by atoms with Crippen LogP contribution in [0.15, 0.2) is 107 Å². The fourth-order valence-corrected chi connectivity index (χ4v) is 6.60. The third-order valence-electron chi connectivity index (χ3n) is 7.57. The van der Waals surface area contributed by atoms with Gasteiger partial charge in [-0.2, -0.15) is 0 Å². The highest BCUT2D eigenvalue weighted by Gasteiger charge is 2.35. The second-order valence-electron chi connectivity index (χ2n) is 10.0. The average molecular weight is 513 g/mol. The van der Waals surface area contributed by atoms with Crippen LogP contribution in [0, 0.1) is 0 Å². The lowest BCUT2D eigenvalue weighted by Crippen LogP contribution is -2.15. The molecule has 178 valence electrons. The minimum atomic E-state index is -0.0717. The van der Waals surface area contributed by atoms with Crippen molar-refractivity contribution in [3.63, 3.8) is 0 Å². The monoisotopic (exact) mass is 512 g/mol. The molecule has 2 nitrogen and oxygen atoms in total. The molecule has 1 aliphatic rings. The van der Waals surface area contributed by atoms with E-state index in [4.69, 9.17) is 0 Å². The summed E-state index contributed by atoms with van der Waals surface area (Å²) in [6.07, 6.45) is 0. The highest BCUT2D eigenvalue weighted by Crippen LogP contribution is 2.50. The van der Waals surface area contributed by atoms with Crippen LogP contribution in [-0.4, -0.2) is 9.97 Å². The molecule has 0 saturated heterocycles. The first kappa shape index (κ1) is 22.3. The van der Waals surface area contributed by atoms with E-state index in [9.17, 15) is 0 Å². The topological polar surface area (TPSA) is 25.8 Å². The molecule has 0 radical (unpaired) electrons. The molecule has 4 aromatic carbocycles. The zero-order valence-corrected chi connectivity index (χ0v) is 22.2. The van der Waals surface area contributed by atoms with Crippen molar-refractivity contribution in [3.05, 3.63) is 118 Å². The minimum Gasteiger partial charge on any atom is -0.245 e. The molecule has 6 aromatic rings. The summed E-state index contributed by atoms with van der Waals surface area (Å²) in [7, 11) is 0. The number of hydrogen-bond acceptors (Lipinski definition) is 4. The lowest BCUT2D eigenvalue weighted by molar-refractivity contribution is 0.661. The number of fused-ring (bicyclic) bond motifs is 3. The molecule has 37 heavy (non-hydrogen) atoms. The van der Waals surface area contributed by atoms with Gasteiger partial charge in [-0.3, -0.25) is 0 Å². The van der Waals surface area contributed by atoms with Gasteiger partial charge < -0.3 is 0 Å². The van der Waals surface area contributed by atoms with Crippen molar-refractivity contribution in [2.24, 2.45) is 0 Å². The second kappa shape index (κ2) is 8.62. The van der Waals surface area contributed by atoms with E-state index in [-0.39, 0.29) is 5.41 Å². The van der Waals surface area contributed by atoms with Crippen LogP contribution >= 0.6 is 22.7 Å². The maximum atomic E-state index is 4.44. The Hall–Kier alpha value is -3.86. The molecule has 4 heteroatoms. The van der Waals surface area contributed by atoms with Crippen molar-refractivity contribution in [2.75, 3.05) is 0 Å². The Morgan fingerprint density at radius 1 is 0.486 bits per heavy atom. The molecule has 0 bridgehead atoms. The SMILES string of the molecule is CC1(C)c2cc(-c3ccc(-c4cscn4)cc3)ccc2-c2ccc(-c3ccc(-c4cscn4)cc3)cc21. The smallest absolute Gasteiger partial charge is 0.0811 e. The summed E-state index contributed by atoms with van der Waals surface area (Å²) in [6.45, 7) is 4.70. The maximum absolute atomic E-state index is 4.44. The maximum Gasteiger partial charge on any atom is 0.0811 e. The van der Waals surface area contributed by atoms with Gasteiger partial charge in [0.1, 0.15) is 0 Å². The van der Waals surface area contributed by atoms with E-state index in [2.05, 4.69) is 120 Å². The highest BCUT2D eigenvalue weighted by atomic mass is 32.1. The summed E-state index contributed by atoms with van der Waals surface area (Å²) < 4.78 is 0. The first-order valence-corrected chi connectivity index (χ1v) is 14.2. The summed E-state index contributed by atoms with van der Waals surface area (Å²) in [5.41, 5.74) is 18.5. The molecule has 0 unspecified atom stereocenters. The molecule has 0 N–H and O–H groups in total. The van der Waals surface area contributed by atoms with Gasteiger partial charge in [-0.25, -0.2) is 9.97 Å². The Morgan fingerprint density at radius 2 is 0.865 bits per heavy atom. The lowest BCUT2D eigenvalue weighted by atomic mass is 9.81. The zero-order valence-electron chi connectivity index (χ0n) is 20.6. The van der Waals surface area contributed by atoms with Gasteiger partial charge in [0.2, 0.25) is 0 Å². The third kappa shape index (κ3) is 3.76. The lowest BCUT2D eigenvalue weighted by Gasteiger charge is -2.22. The van der Waals surface area contributed by atoms with Crippen molar-refractivity contribution >= 4 is 22.7 Å². The first-order chi connectivity index (χ1) is 18.1. The predicted octanol–water partition coefficient (Wildman–Crippen LogP) is 9.57. The Balaban J connectivity index is 1.22. The van der Waals surface area contributed by atoms with Crippen molar-refractivity contribution in [2.45, 2.75) is 19.3 Å². The molecule has 0 spiro atoms. The van der Waals surface area contributed by atoms with Crippen LogP contribution in [-0.2, 0) is 5.41 Å². The summed E-state index contributed by atoms with van der Waals surface area (Å²) in [5.74, 6) is 0. The van der Waals surface area contributed by atoms with Crippen LogP contribution in [0.3, 0.4) is 0 Å². The molecule has 2 aromatic heterocycles.